The zero-order valence-electron chi connectivity index (χ0n) is 45.7. The molecular weight excluding hydrogens is 1050 g/mol. The second-order valence-electron chi connectivity index (χ2n) is 19.3. The molecule has 24 heteroatoms. The van der Waals surface area contributed by atoms with Crippen molar-refractivity contribution in [1.29, 1.82) is 0 Å². The number of aliphatic hydroxyl groups is 1. The third kappa shape index (κ3) is 23.2. The average molecular weight is 1120 g/mol. The van der Waals surface area contributed by atoms with Crippen molar-refractivity contribution < 1.29 is 68.5 Å². The molecule has 2 aromatic heterocycles. The highest BCUT2D eigenvalue weighted by Gasteiger charge is 2.40. The summed E-state index contributed by atoms with van der Waals surface area (Å²) in [6.45, 7) is 18.5. The van der Waals surface area contributed by atoms with E-state index in [0.717, 1.165) is 17.0 Å². The number of methoxy groups -OCH3 is 2. The topological polar surface area (TPSA) is 243 Å². The second-order valence-corrected chi connectivity index (χ2v) is 24.3. The zero-order valence-corrected chi connectivity index (χ0v) is 48.3. The van der Waals surface area contributed by atoms with Gasteiger partial charge in [-0.25, -0.2) is 28.7 Å². The van der Waals surface area contributed by atoms with Crippen molar-refractivity contribution in [2.45, 2.75) is 116 Å². The lowest BCUT2D eigenvalue weighted by atomic mass is 9.97. The number of aliphatic hydroxyl groups excluding tert-OH is 1. The zero-order chi connectivity index (χ0) is 57.4. The molecule has 0 aliphatic rings. The van der Waals surface area contributed by atoms with E-state index in [-0.39, 0.29) is 70.5 Å². The van der Waals surface area contributed by atoms with Crippen LogP contribution in [-0.4, -0.2) is 128 Å². The summed E-state index contributed by atoms with van der Waals surface area (Å²) in [4.78, 5) is 71.2. The van der Waals surface area contributed by atoms with Crippen molar-refractivity contribution >= 4 is 79.0 Å². The molecule has 2 heterocycles. The molecule has 0 radical (unpaired) electrons. The number of esters is 2. The molecule has 4 rings (SSSR count). The Hall–Kier alpha value is -6.47. The molecule has 0 unspecified atom stereocenters. The number of aromatic nitrogens is 4. The number of hydrogen-bond donors (Lipinski definition) is 1. The van der Waals surface area contributed by atoms with Crippen molar-refractivity contribution in [1.82, 2.24) is 19.9 Å². The number of carbonyl (C=O) groups is 4. The van der Waals surface area contributed by atoms with E-state index in [1.807, 2.05) is 60.8 Å². The summed E-state index contributed by atoms with van der Waals surface area (Å²) in [5.41, 5.74) is 5.43. The maximum atomic E-state index is 13.7. The Balaban J connectivity index is 0.00000134. The molecule has 0 aliphatic carbocycles. The predicted molar refractivity (Wildman–Crippen MR) is 291 cm³/mol. The van der Waals surface area contributed by atoms with Gasteiger partial charge in [0.1, 0.15) is 11.6 Å². The van der Waals surface area contributed by atoms with Crippen LogP contribution in [0, 0.1) is 11.6 Å². The van der Waals surface area contributed by atoms with Gasteiger partial charge in [0.25, 0.3) is 0 Å². The molecule has 76 heavy (non-hydrogen) atoms. The minimum atomic E-state index is -2.24. The SMILES string of the molecule is COC(=O)C[C@@H](CC(=O)/C=C/c1c(-c2ccc(F)cc2)nc(N(C)C)nc1C(C)C)O[Si](C)(C)C(C)(C)C.COC(=O)C[C@H](O)CC(=O)/C=C/c1c(-c2ccc(F)cc2)nc(N(C)C)nc1C(C)C.F.O=S=O.O=S=O. The van der Waals surface area contributed by atoms with Gasteiger partial charge in [0.2, 0.25) is 11.9 Å². The van der Waals surface area contributed by atoms with E-state index in [0.29, 0.717) is 40.0 Å². The third-order valence-corrected chi connectivity index (χ3v) is 15.8. The van der Waals surface area contributed by atoms with E-state index in [4.69, 9.17) is 36.0 Å². The predicted octanol–water partition coefficient (Wildman–Crippen LogP) is 8.58. The fourth-order valence-electron chi connectivity index (χ4n) is 6.52. The quantitative estimate of drug-likeness (QED) is 0.0495. The average Bonchev–Trinajstić information content (AvgIpc) is 3.32. The van der Waals surface area contributed by atoms with Crippen molar-refractivity contribution in [3.63, 3.8) is 0 Å². The molecule has 0 amide bonds. The number of halogens is 3. The highest BCUT2D eigenvalue weighted by atomic mass is 32.1. The van der Waals surface area contributed by atoms with Crippen LogP contribution in [0.5, 0.6) is 0 Å². The summed E-state index contributed by atoms with van der Waals surface area (Å²) < 4.78 is 76.1. The highest BCUT2D eigenvalue weighted by Crippen LogP contribution is 2.38. The number of nitrogens with zero attached hydrogens (tertiary/aromatic N) is 6. The standard InChI is InChI=1S/C29H42FN3O4Si.C23H28FN3O4.FH.2O2S/c1-19(2)26-24(27(32-28(31-26)33(6)7)20-11-13-21(30)14-12-20)16-15-22(34)17-23(18-25(35)36-8)37-38(9,10)29(3,4)5;1-14(2)21-19(11-10-17(28)12-18(29)13-20(30)31-5)22(26-23(25-21)27(3)4)15-6-8-16(24)9-7-15;;2*1-3-2/h11-16,19,23H,17-18H2,1-10H3;6-11,14,18,29H,12-13H2,1-5H3;1H;;/b16-15+;11-10+;;;/t23-;18-;;;/m11.../s1. The molecule has 418 valence electrons. The molecule has 0 aliphatic heterocycles. The van der Waals surface area contributed by atoms with Gasteiger partial charge in [-0.1, -0.05) is 48.5 Å². The third-order valence-electron chi connectivity index (χ3n) is 11.3. The monoisotopic (exact) mass is 1120 g/mol. The van der Waals surface area contributed by atoms with Gasteiger partial charge in [0, 0.05) is 63.3 Å². The molecule has 18 nitrogen and oxygen atoms in total. The Morgan fingerprint density at radius 1 is 0.632 bits per heavy atom. The van der Waals surface area contributed by atoms with Gasteiger partial charge in [0.05, 0.1) is 62.0 Å². The number of allylic oxidation sites excluding steroid dienone is 2. The highest BCUT2D eigenvalue weighted by molar-refractivity contribution is 7.52. The molecule has 2 atom stereocenters. The van der Waals surface area contributed by atoms with Crippen molar-refractivity contribution in [2.75, 3.05) is 52.2 Å². The normalized spacial score (nSPS) is 11.9. The lowest BCUT2D eigenvalue weighted by Crippen LogP contribution is -2.44. The van der Waals surface area contributed by atoms with Gasteiger partial charge in [-0.3, -0.25) is 23.9 Å². The summed E-state index contributed by atoms with van der Waals surface area (Å²) in [7, 11) is 7.68. The fraction of sp³-hybridized carbons (Fsp3) is 0.462. The van der Waals surface area contributed by atoms with Crippen LogP contribution < -0.4 is 9.80 Å². The van der Waals surface area contributed by atoms with Crippen molar-refractivity contribution in [2.24, 2.45) is 0 Å². The van der Waals surface area contributed by atoms with Gasteiger partial charge in [-0.05, 0) is 103 Å². The van der Waals surface area contributed by atoms with E-state index in [2.05, 4.69) is 48.6 Å². The Kier molecular flexibility index (Phi) is 30.7. The van der Waals surface area contributed by atoms with Gasteiger partial charge in [-0.15, -0.1) is 0 Å². The first-order valence-electron chi connectivity index (χ1n) is 23.5. The maximum absolute atomic E-state index is 13.7. The molecular formula is C52H71F3N6O12S2Si. The Bertz CT molecular complexity index is 2660. The van der Waals surface area contributed by atoms with Crippen LogP contribution in [0.15, 0.2) is 60.7 Å². The van der Waals surface area contributed by atoms with Crippen LogP contribution in [0.3, 0.4) is 0 Å². The lowest BCUT2D eigenvalue weighted by molar-refractivity contribution is -0.144. The smallest absolute Gasteiger partial charge is 0.335 e. The summed E-state index contributed by atoms with van der Waals surface area (Å²) in [6, 6.07) is 12.1. The van der Waals surface area contributed by atoms with Crippen LogP contribution in [-0.2, 0) is 56.2 Å². The number of ether oxygens (including phenoxy) is 2. The first kappa shape index (κ1) is 69.5. The van der Waals surface area contributed by atoms with E-state index in [1.165, 1.54) is 50.6 Å². The van der Waals surface area contributed by atoms with E-state index in [9.17, 15) is 33.1 Å². The molecule has 1 N–H and O–H groups in total. The summed E-state index contributed by atoms with van der Waals surface area (Å²) in [6.07, 6.45) is 4.02. The number of rotatable bonds is 20. The number of ketones is 2. The number of hydrogen-bond acceptors (Lipinski definition) is 18. The minimum Gasteiger partial charge on any atom is -0.469 e. The molecule has 4 aromatic rings. The fourth-order valence-corrected chi connectivity index (χ4v) is 7.88. The lowest BCUT2D eigenvalue weighted by Gasteiger charge is -2.39. The van der Waals surface area contributed by atoms with Gasteiger partial charge < -0.3 is 28.8 Å². The van der Waals surface area contributed by atoms with Crippen LogP contribution in [0.1, 0.15) is 109 Å². The van der Waals surface area contributed by atoms with Crippen molar-refractivity contribution in [3.05, 3.63) is 94.8 Å². The van der Waals surface area contributed by atoms with Gasteiger partial charge in [0.15, 0.2) is 19.9 Å². The van der Waals surface area contributed by atoms with Crippen LogP contribution in [0.25, 0.3) is 34.7 Å². The number of anilines is 2. The molecule has 0 saturated carbocycles. The first-order valence-corrected chi connectivity index (χ1v) is 27.7. The summed E-state index contributed by atoms with van der Waals surface area (Å²) in [5.74, 6) is -1.15. The van der Waals surface area contributed by atoms with Crippen LogP contribution in [0.4, 0.5) is 25.4 Å². The van der Waals surface area contributed by atoms with E-state index < -0.39 is 55.6 Å². The Morgan fingerprint density at radius 3 is 1.29 bits per heavy atom. The Labute approximate surface area is 451 Å². The second kappa shape index (κ2) is 33.5. The number of carbonyl (C=O) groups excluding carboxylic acids is 4. The van der Waals surface area contributed by atoms with E-state index in [1.54, 1.807) is 41.3 Å². The van der Waals surface area contributed by atoms with E-state index >= 15 is 0 Å². The molecule has 0 fully saturated rings. The molecule has 2 aromatic carbocycles. The summed E-state index contributed by atoms with van der Waals surface area (Å²) >= 11 is -1.50. The molecule has 0 spiro atoms. The Morgan fingerprint density at radius 2 is 0.974 bits per heavy atom. The molecule has 0 bridgehead atoms. The van der Waals surface area contributed by atoms with Crippen molar-refractivity contribution in [3.8, 4) is 22.5 Å². The van der Waals surface area contributed by atoms with Gasteiger partial charge in [-0.2, -0.15) is 16.8 Å². The van der Waals surface area contributed by atoms with Crippen LogP contribution in [0.2, 0.25) is 18.1 Å². The van der Waals surface area contributed by atoms with Crippen LogP contribution >= 0.6 is 0 Å². The minimum absolute atomic E-state index is 0. The maximum Gasteiger partial charge on any atom is 0.335 e. The van der Waals surface area contributed by atoms with Gasteiger partial charge >= 0.3 is 35.1 Å². The molecule has 0 saturated heterocycles. The first-order chi connectivity index (χ1) is 35.0. The largest absolute Gasteiger partial charge is 0.469 e. The number of benzene rings is 2. The summed E-state index contributed by atoms with van der Waals surface area (Å²) in [5, 5.41) is 9.81.